The zero-order chi connectivity index (χ0) is 20.3. The first-order valence-corrected chi connectivity index (χ1v) is 8.95. The smallest absolute Gasteiger partial charge is 0.291 e. The first kappa shape index (κ1) is 19.5. The monoisotopic (exact) mass is 383 g/mol. The summed E-state index contributed by atoms with van der Waals surface area (Å²) in [4.78, 5) is 12.5. The molecule has 3 rings (SSSR count). The van der Waals surface area contributed by atoms with Gasteiger partial charge in [-0.2, -0.15) is 0 Å². The van der Waals surface area contributed by atoms with Gasteiger partial charge in [0, 0.05) is 5.69 Å². The normalized spacial score (nSPS) is 10.9. The fraction of sp³-hybridized carbons (Fsp3) is 0.227. The van der Waals surface area contributed by atoms with Gasteiger partial charge in [0.25, 0.3) is 5.91 Å². The topological polar surface area (TPSA) is 71.7 Å². The zero-order valence-corrected chi connectivity index (χ0v) is 16.0. The fourth-order valence-corrected chi connectivity index (χ4v) is 2.75. The van der Waals surface area contributed by atoms with Crippen LogP contribution in [0.15, 0.2) is 52.9 Å². The second-order valence-corrected chi connectivity index (χ2v) is 6.84. The SMILES string of the molecule is Cc1cc(O)c(C(C)C)cc1NC(=O)c1ccc(COc2ccc(F)cc2)o1. The standard InChI is InChI=1S/C22H22FNO4/c1-13(2)18-11-19(14(3)10-20(18)25)24-22(26)21-9-8-17(28-21)12-27-16-6-4-15(23)5-7-16/h4-11,13,25H,12H2,1-3H3,(H,24,26). The van der Waals surface area contributed by atoms with Crippen molar-refractivity contribution in [2.45, 2.75) is 33.3 Å². The summed E-state index contributed by atoms with van der Waals surface area (Å²) in [6.07, 6.45) is 0. The molecular weight excluding hydrogens is 361 g/mol. The van der Waals surface area contributed by atoms with E-state index in [9.17, 15) is 14.3 Å². The minimum Gasteiger partial charge on any atom is -0.508 e. The molecule has 0 aliphatic carbocycles. The van der Waals surface area contributed by atoms with Crippen molar-refractivity contribution in [3.05, 3.63) is 77.0 Å². The van der Waals surface area contributed by atoms with E-state index in [1.165, 1.54) is 24.3 Å². The van der Waals surface area contributed by atoms with E-state index in [0.29, 0.717) is 17.2 Å². The Hall–Kier alpha value is -3.28. The predicted molar refractivity (Wildman–Crippen MR) is 104 cm³/mol. The first-order valence-electron chi connectivity index (χ1n) is 8.95. The van der Waals surface area contributed by atoms with Crippen molar-refractivity contribution in [1.82, 2.24) is 0 Å². The van der Waals surface area contributed by atoms with Crippen LogP contribution in [-0.4, -0.2) is 11.0 Å². The molecule has 1 amide bonds. The van der Waals surface area contributed by atoms with Crippen LogP contribution < -0.4 is 10.1 Å². The summed E-state index contributed by atoms with van der Waals surface area (Å²) >= 11 is 0. The van der Waals surface area contributed by atoms with E-state index in [0.717, 1.165) is 11.1 Å². The van der Waals surface area contributed by atoms with Gasteiger partial charge in [0.15, 0.2) is 5.76 Å². The molecule has 1 aromatic heterocycles. The molecule has 0 spiro atoms. The molecule has 0 atom stereocenters. The van der Waals surface area contributed by atoms with Crippen LogP contribution in [0, 0.1) is 12.7 Å². The third-order valence-electron chi connectivity index (χ3n) is 4.32. The van der Waals surface area contributed by atoms with Crippen LogP contribution in [0.4, 0.5) is 10.1 Å². The summed E-state index contributed by atoms with van der Waals surface area (Å²) in [6, 6.07) is 12.3. The Morgan fingerprint density at radius 3 is 2.57 bits per heavy atom. The Morgan fingerprint density at radius 2 is 1.89 bits per heavy atom. The average molecular weight is 383 g/mol. The van der Waals surface area contributed by atoms with E-state index in [1.807, 2.05) is 20.8 Å². The highest BCUT2D eigenvalue weighted by Gasteiger charge is 2.15. The quantitative estimate of drug-likeness (QED) is 0.560. The van der Waals surface area contributed by atoms with Gasteiger partial charge in [-0.3, -0.25) is 4.79 Å². The molecule has 2 aromatic carbocycles. The van der Waals surface area contributed by atoms with Gasteiger partial charge in [0.2, 0.25) is 0 Å². The molecule has 5 nitrogen and oxygen atoms in total. The molecule has 0 unspecified atom stereocenters. The van der Waals surface area contributed by atoms with Gasteiger partial charge in [-0.15, -0.1) is 0 Å². The van der Waals surface area contributed by atoms with Crippen LogP contribution in [0.2, 0.25) is 0 Å². The highest BCUT2D eigenvalue weighted by Crippen LogP contribution is 2.31. The van der Waals surface area contributed by atoms with Crippen LogP contribution in [0.1, 0.15) is 47.2 Å². The second-order valence-electron chi connectivity index (χ2n) is 6.84. The number of halogens is 1. The number of amides is 1. The number of rotatable bonds is 6. The Labute approximate surface area is 162 Å². The number of benzene rings is 2. The van der Waals surface area contributed by atoms with Gasteiger partial charge in [-0.25, -0.2) is 4.39 Å². The fourth-order valence-electron chi connectivity index (χ4n) is 2.75. The number of nitrogens with one attached hydrogen (secondary N) is 1. The number of hydrogen-bond donors (Lipinski definition) is 2. The maximum atomic E-state index is 12.9. The lowest BCUT2D eigenvalue weighted by Crippen LogP contribution is -2.12. The maximum absolute atomic E-state index is 12.9. The highest BCUT2D eigenvalue weighted by atomic mass is 19.1. The first-order chi connectivity index (χ1) is 13.3. The molecule has 28 heavy (non-hydrogen) atoms. The largest absolute Gasteiger partial charge is 0.508 e. The number of aryl methyl sites for hydroxylation is 1. The number of hydrogen-bond acceptors (Lipinski definition) is 4. The van der Waals surface area contributed by atoms with Gasteiger partial charge in [0.1, 0.15) is 29.7 Å². The molecule has 3 aromatic rings. The van der Waals surface area contributed by atoms with Crippen LogP contribution in [0.25, 0.3) is 0 Å². The van der Waals surface area contributed by atoms with Crippen molar-refractivity contribution < 1.29 is 23.4 Å². The molecule has 0 radical (unpaired) electrons. The Balaban J connectivity index is 1.67. The molecule has 1 heterocycles. The third-order valence-corrected chi connectivity index (χ3v) is 4.32. The summed E-state index contributed by atoms with van der Waals surface area (Å²) in [5, 5.41) is 12.9. The molecule has 0 aliphatic rings. The maximum Gasteiger partial charge on any atom is 0.291 e. The Kier molecular flexibility index (Phi) is 5.68. The van der Waals surface area contributed by atoms with Crippen molar-refractivity contribution in [3.8, 4) is 11.5 Å². The number of carbonyl (C=O) groups is 1. The van der Waals surface area contributed by atoms with E-state index in [2.05, 4.69) is 5.32 Å². The molecule has 0 saturated carbocycles. The van der Waals surface area contributed by atoms with E-state index in [4.69, 9.17) is 9.15 Å². The van der Waals surface area contributed by atoms with Gasteiger partial charge in [0.05, 0.1) is 0 Å². The van der Waals surface area contributed by atoms with Gasteiger partial charge >= 0.3 is 0 Å². The third kappa shape index (κ3) is 4.52. The number of furan rings is 1. The van der Waals surface area contributed by atoms with E-state index in [-0.39, 0.29) is 29.9 Å². The van der Waals surface area contributed by atoms with Crippen molar-refractivity contribution in [2.75, 3.05) is 5.32 Å². The molecule has 146 valence electrons. The summed E-state index contributed by atoms with van der Waals surface area (Å²) in [5.74, 6) is 0.727. The average Bonchev–Trinajstić information content (AvgIpc) is 3.12. The Bertz CT molecular complexity index is 977. The number of ether oxygens (including phenoxy) is 1. The summed E-state index contributed by atoms with van der Waals surface area (Å²) in [6.45, 7) is 5.87. The molecule has 6 heteroatoms. The summed E-state index contributed by atoms with van der Waals surface area (Å²) in [5.41, 5.74) is 2.13. The lowest BCUT2D eigenvalue weighted by molar-refractivity contribution is 0.0992. The second kappa shape index (κ2) is 8.17. The van der Waals surface area contributed by atoms with Crippen molar-refractivity contribution in [2.24, 2.45) is 0 Å². The van der Waals surface area contributed by atoms with E-state index < -0.39 is 5.91 Å². The predicted octanol–water partition coefficient (Wildman–Crippen LogP) is 5.39. The minimum absolute atomic E-state index is 0.120. The van der Waals surface area contributed by atoms with E-state index >= 15 is 0 Å². The number of anilines is 1. The minimum atomic E-state index is -0.392. The zero-order valence-electron chi connectivity index (χ0n) is 16.0. The van der Waals surface area contributed by atoms with Crippen LogP contribution in [-0.2, 0) is 6.61 Å². The van der Waals surface area contributed by atoms with Crippen LogP contribution in [0.5, 0.6) is 11.5 Å². The Morgan fingerprint density at radius 1 is 1.18 bits per heavy atom. The van der Waals surface area contributed by atoms with Crippen molar-refractivity contribution in [3.63, 3.8) is 0 Å². The molecule has 0 bridgehead atoms. The molecular formula is C22H22FNO4. The van der Waals surface area contributed by atoms with Crippen LogP contribution in [0.3, 0.4) is 0 Å². The molecule has 2 N–H and O–H groups in total. The molecule has 0 saturated heterocycles. The van der Waals surface area contributed by atoms with Crippen LogP contribution >= 0.6 is 0 Å². The van der Waals surface area contributed by atoms with Gasteiger partial charge in [-0.1, -0.05) is 13.8 Å². The van der Waals surface area contributed by atoms with E-state index in [1.54, 1.807) is 24.3 Å². The number of phenols is 1. The summed E-state index contributed by atoms with van der Waals surface area (Å²) < 4.78 is 24.0. The molecule has 0 aliphatic heterocycles. The summed E-state index contributed by atoms with van der Waals surface area (Å²) in [7, 11) is 0. The van der Waals surface area contributed by atoms with Gasteiger partial charge < -0.3 is 19.6 Å². The van der Waals surface area contributed by atoms with Gasteiger partial charge in [-0.05, 0) is 72.5 Å². The van der Waals surface area contributed by atoms with Crippen molar-refractivity contribution in [1.29, 1.82) is 0 Å². The number of carbonyl (C=O) groups excluding carboxylic acids is 1. The van der Waals surface area contributed by atoms with Crippen molar-refractivity contribution >= 4 is 11.6 Å². The lowest BCUT2D eigenvalue weighted by atomic mass is 9.99. The lowest BCUT2D eigenvalue weighted by Gasteiger charge is -2.14. The highest BCUT2D eigenvalue weighted by molar-refractivity contribution is 6.02. The molecule has 0 fully saturated rings. The number of aromatic hydroxyl groups is 1. The number of phenolic OH excluding ortho intramolecular Hbond substituents is 1.